The van der Waals surface area contributed by atoms with E-state index in [9.17, 15) is 43.2 Å². The largest absolute Gasteiger partial charge is 0.472 e. The van der Waals surface area contributed by atoms with Crippen molar-refractivity contribution < 1.29 is 80.2 Å². The molecule has 0 aromatic carbocycles. The van der Waals surface area contributed by atoms with Gasteiger partial charge in [-0.2, -0.15) is 0 Å². The lowest BCUT2D eigenvalue weighted by Gasteiger charge is -2.21. The molecule has 0 amide bonds. The van der Waals surface area contributed by atoms with Crippen LogP contribution in [0, 0.1) is 11.8 Å². The van der Waals surface area contributed by atoms with E-state index in [2.05, 4.69) is 41.5 Å². The van der Waals surface area contributed by atoms with Gasteiger partial charge in [0.15, 0.2) is 12.2 Å². The Hall–Kier alpha value is -1.94. The molecule has 0 radical (unpaired) electrons. The molecule has 0 bridgehead atoms. The van der Waals surface area contributed by atoms with E-state index in [0.717, 1.165) is 102 Å². The van der Waals surface area contributed by atoms with Gasteiger partial charge >= 0.3 is 39.5 Å². The molecule has 93 heavy (non-hydrogen) atoms. The van der Waals surface area contributed by atoms with Crippen LogP contribution in [0.3, 0.4) is 0 Å². The van der Waals surface area contributed by atoms with Crippen molar-refractivity contribution >= 4 is 39.5 Å². The predicted octanol–water partition coefficient (Wildman–Crippen LogP) is 21.6. The van der Waals surface area contributed by atoms with Crippen molar-refractivity contribution in [1.29, 1.82) is 0 Å². The number of ether oxygens (including phenoxy) is 4. The van der Waals surface area contributed by atoms with Crippen molar-refractivity contribution in [2.45, 2.75) is 400 Å². The molecule has 19 heteroatoms. The summed E-state index contributed by atoms with van der Waals surface area (Å²) in [5, 5.41) is 10.6. The average Bonchev–Trinajstić information content (AvgIpc) is 3.64. The van der Waals surface area contributed by atoms with Crippen LogP contribution in [-0.2, 0) is 65.4 Å². The summed E-state index contributed by atoms with van der Waals surface area (Å²) in [7, 11) is -9.91. The number of aliphatic hydroxyl groups excluding tert-OH is 1. The molecule has 0 aliphatic rings. The molecule has 3 N–H and O–H groups in total. The minimum atomic E-state index is -4.96. The fourth-order valence-electron chi connectivity index (χ4n) is 11.3. The summed E-state index contributed by atoms with van der Waals surface area (Å²) in [6.07, 6.45) is 52.5. The molecule has 0 saturated carbocycles. The van der Waals surface area contributed by atoms with E-state index in [1.54, 1.807) is 0 Å². The maximum absolute atomic E-state index is 13.1. The van der Waals surface area contributed by atoms with Crippen molar-refractivity contribution in [2.75, 3.05) is 39.6 Å². The van der Waals surface area contributed by atoms with Crippen LogP contribution >= 0.6 is 15.6 Å². The monoisotopic (exact) mass is 1370 g/mol. The van der Waals surface area contributed by atoms with Gasteiger partial charge < -0.3 is 33.8 Å². The second-order valence-electron chi connectivity index (χ2n) is 27.4. The van der Waals surface area contributed by atoms with Gasteiger partial charge in [-0.1, -0.05) is 330 Å². The Morgan fingerprint density at radius 2 is 0.548 bits per heavy atom. The van der Waals surface area contributed by atoms with Crippen molar-refractivity contribution in [3.8, 4) is 0 Å². The van der Waals surface area contributed by atoms with E-state index < -0.39 is 97.5 Å². The minimum Gasteiger partial charge on any atom is -0.462 e. The van der Waals surface area contributed by atoms with Crippen LogP contribution in [0.2, 0.25) is 0 Å². The highest BCUT2D eigenvalue weighted by Crippen LogP contribution is 2.45. The van der Waals surface area contributed by atoms with Crippen LogP contribution in [-0.4, -0.2) is 96.7 Å². The van der Waals surface area contributed by atoms with E-state index in [4.69, 9.17) is 37.0 Å². The van der Waals surface area contributed by atoms with Crippen molar-refractivity contribution in [3.63, 3.8) is 0 Å². The van der Waals surface area contributed by atoms with E-state index >= 15 is 0 Å². The summed E-state index contributed by atoms with van der Waals surface area (Å²) in [4.78, 5) is 72.7. The molecule has 0 fully saturated rings. The molecule has 552 valence electrons. The van der Waals surface area contributed by atoms with Gasteiger partial charge in [0, 0.05) is 25.7 Å². The third-order valence-corrected chi connectivity index (χ3v) is 19.5. The Balaban J connectivity index is 5.23. The SMILES string of the molecule is CCCCCCCCCCCCCCCC(=O)O[C@H](COC(=O)CCCCCCCCCCC)COP(=O)(O)OC[C@H](O)COP(=O)(O)OC[C@@H](COC(=O)CCCCCCCCCCCCC(C)C)OC(=O)CCCCCCCCCCCCCCCCC(C)CC. The molecule has 3 unspecified atom stereocenters. The second kappa shape index (κ2) is 66.0. The topological polar surface area (TPSA) is 237 Å². The first kappa shape index (κ1) is 91.1. The Morgan fingerprint density at radius 3 is 0.817 bits per heavy atom. The summed E-state index contributed by atoms with van der Waals surface area (Å²) in [6, 6.07) is 0. The fraction of sp³-hybridized carbons (Fsp3) is 0.946. The van der Waals surface area contributed by atoms with Gasteiger partial charge in [0.05, 0.1) is 26.4 Å². The molecule has 6 atom stereocenters. The molecule has 0 heterocycles. The number of hydrogen-bond donors (Lipinski definition) is 3. The molecule has 0 spiro atoms. The van der Waals surface area contributed by atoms with Crippen molar-refractivity contribution in [1.82, 2.24) is 0 Å². The Kier molecular flexibility index (Phi) is 64.6. The highest BCUT2D eigenvalue weighted by atomic mass is 31.2. The lowest BCUT2D eigenvalue weighted by molar-refractivity contribution is -0.161. The number of carbonyl (C=O) groups is 4. The zero-order valence-electron chi connectivity index (χ0n) is 60.6. The van der Waals surface area contributed by atoms with Crippen LogP contribution in [0.5, 0.6) is 0 Å². The highest BCUT2D eigenvalue weighted by Gasteiger charge is 2.30. The Morgan fingerprint density at radius 1 is 0.312 bits per heavy atom. The number of aliphatic hydroxyl groups is 1. The summed E-state index contributed by atoms with van der Waals surface area (Å²) in [5.41, 5.74) is 0. The molecule has 0 aliphatic carbocycles. The molecular formula is C74H144O17P2. The molecule has 17 nitrogen and oxygen atoms in total. The average molecular weight is 1370 g/mol. The van der Waals surface area contributed by atoms with Crippen LogP contribution in [0.25, 0.3) is 0 Å². The highest BCUT2D eigenvalue weighted by molar-refractivity contribution is 7.47. The van der Waals surface area contributed by atoms with Crippen LogP contribution in [0.1, 0.15) is 382 Å². The summed E-state index contributed by atoms with van der Waals surface area (Å²) >= 11 is 0. The van der Waals surface area contributed by atoms with Crippen molar-refractivity contribution in [2.24, 2.45) is 11.8 Å². The van der Waals surface area contributed by atoms with Crippen molar-refractivity contribution in [3.05, 3.63) is 0 Å². The third-order valence-electron chi connectivity index (χ3n) is 17.6. The van der Waals surface area contributed by atoms with E-state index in [1.165, 1.54) is 199 Å². The molecular weight excluding hydrogens is 1220 g/mol. The summed E-state index contributed by atoms with van der Waals surface area (Å²) in [6.45, 7) is 9.62. The number of unbranched alkanes of at least 4 members (excludes halogenated alkanes) is 42. The van der Waals surface area contributed by atoms with Gasteiger partial charge in [0.2, 0.25) is 0 Å². The normalized spacial score (nSPS) is 14.3. The maximum atomic E-state index is 13.1. The van der Waals surface area contributed by atoms with E-state index in [1.807, 2.05) is 0 Å². The van der Waals surface area contributed by atoms with E-state index in [-0.39, 0.29) is 25.7 Å². The zero-order chi connectivity index (χ0) is 68.6. The Bertz CT molecular complexity index is 1810. The second-order valence-corrected chi connectivity index (χ2v) is 30.3. The van der Waals surface area contributed by atoms with Gasteiger partial charge in [-0.05, 0) is 37.5 Å². The zero-order valence-corrected chi connectivity index (χ0v) is 62.3. The lowest BCUT2D eigenvalue weighted by atomic mass is 9.99. The number of phosphoric acid groups is 2. The first-order chi connectivity index (χ1) is 44.9. The molecule has 0 rings (SSSR count). The van der Waals surface area contributed by atoms with Gasteiger partial charge in [-0.25, -0.2) is 9.13 Å². The summed E-state index contributed by atoms with van der Waals surface area (Å²) < 4.78 is 68.4. The standard InChI is InChI=1S/C74H144O17P2/c1-7-10-12-14-16-18-19-22-26-34-40-46-52-58-73(78)90-69(62-84-71(76)56-50-44-38-30-17-15-13-11-8-2)64-88-92(80,81)86-60-68(75)61-87-93(82,83)89-65-70(63-85-72(77)57-51-45-39-33-29-28-31-36-42-48-54-66(4)5)91-74(79)59-53-47-41-35-27-24-21-20-23-25-32-37-43-49-55-67(6)9-3/h66-70,75H,7-65H2,1-6H3,(H,80,81)(H,82,83)/t67?,68-,69+,70+/m0/s1. The van der Waals surface area contributed by atoms with Gasteiger partial charge in [0.25, 0.3) is 0 Å². The van der Waals surface area contributed by atoms with E-state index in [0.29, 0.717) is 25.7 Å². The number of carbonyl (C=O) groups excluding carboxylic acids is 4. The molecule has 0 aliphatic heterocycles. The smallest absolute Gasteiger partial charge is 0.462 e. The third kappa shape index (κ3) is 67.0. The molecule has 0 aromatic heterocycles. The van der Waals surface area contributed by atoms with Gasteiger partial charge in [-0.3, -0.25) is 37.3 Å². The number of esters is 4. The van der Waals surface area contributed by atoms with Crippen LogP contribution in [0.15, 0.2) is 0 Å². The maximum Gasteiger partial charge on any atom is 0.472 e. The number of phosphoric ester groups is 2. The van der Waals surface area contributed by atoms with Crippen LogP contribution < -0.4 is 0 Å². The summed E-state index contributed by atoms with van der Waals surface area (Å²) in [5.74, 6) is -0.513. The number of hydrogen-bond acceptors (Lipinski definition) is 15. The lowest BCUT2D eigenvalue weighted by Crippen LogP contribution is -2.30. The fourth-order valence-corrected chi connectivity index (χ4v) is 12.8. The molecule has 0 saturated heterocycles. The first-order valence-electron chi connectivity index (χ1n) is 38.5. The van der Waals surface area contributed by atoms with Gasteiger partial charge in [-0.15, -0.1) is 0 Å². The first-order valence-corrected chi connectivity index (χ1v) is 41.5. The number of rotatable bonds is 73. The molecule has 0 aromatic rings. The van der Waals surface area contributed by atoms with Crippen LogP contribution in [0.4, 0.5) is 0 Å². The quantitative estimate of drug-likeness (QED) is 0.0222. The minimum absolute atomic E-state index is 0.107. The Labute approximate surface area is 568 Å². The predicted molar refractivity (Wildman–Crippen MR) is 377 cm³/mol. The van der Waals surface area contributed by atoms with Gasteiger partial charge in [0.1, 0.15) is 19.3 Å².